The van der Waals surface area contributed by atoms with Gasteiger partial charge in [-0.3, -0.25) is 0 Å². The molecule has 0 fully saturated rings. The predicted octanol–water partition coefficient (Wildman–Crippen LogP) is 0.496. The third-order valence-electron chi connectivity index (χ3n) is 0.956. The van der Waals surface area contributed by atoms with E-state index in [9.17, 15) is 0 Å². The molecule has 0 spiro atoms. The number of phenolic OH excluding ortho intramolecular Hbond substituents is 2. The van der Waals surface area contributed by atoms with Gasteiger partial charge in [-0.15, -0.1) is 4.91 Å². The van der Waals surface area contributed by atoms with Crippen LogP contribution in [0.15, 0.2) is 29.6 Å². The summed E-state index contributed by atoms with van der Waals surface area (Å²) in [4.78, 5) is 12.3. The van der Waals surface area contributed by atoms with E-state index in [2.05, 4.69) is 4.84 Å². The van der Waals surface area contributed by atoms with Crippen LogP contribution in [0, 0.1) is 4.91 Å². The molecular weight excluding hydrogens is 202 g/mol. The first-order valence-corrected chi connectivity index (χ1v) is 3.05. The second-order valence-corrected chi connectivity index (χ2v) is 1.75. The van der Waals surface area contributed by atoms with E-state index in [-0.39, 0.29) is 49.2 Å². The third-order valence-corrected chi connectivity index (χ3v) is 0.956. The van der Waals surface area contributed by atoms with Gasteiger partial charge < -0.3 is 15.1 Å². The molecule has 6 heteroatoms. The molecule has 0 saturated heterocycles. The Balaban J connectivity index is 0. The summed E-state index contributed by atoms with van der Waals surface area (Å²) in [6.45, 7) is 0. The van der Waals surface area contributed by atoms with Crippen LogP contribution in [0.5, 0.6) is 11.5 Å². The SMILES string of the molecule is CON=O.Oc1ccccc1O.[CaH2]. The summed E-state index contributed by atoms with van der Waals surface area (Å²) in [7, 11) is 1.20. The summed E-state index contributed by atoms with van der Waals surface area (Å²) in [5.41, 5.74) is 0. The van der Waals surface area contributed by atoms with Crippen LogP contribution in [-0.2, 0) is 4.84 Å². The molecule has 0 amide bonds. The molecule has 5 nitrogen and oxygen atoms in total. The number of phenols is 2. The fourth-order valence-corrected chi connectivity index (χ4v) is 0.464. The van der Waals surface area contributed by atoms with Gasteiger partial charge in [0.15, 0.2) is 16.8 Å². The molecule has 2 N–H and O–H groups in total. The normalized spacial score (nSPS) is 7.15. The zero-order valence-electron chi connectivity index (χ0n) is 6.47. The maximum atomic E-state index is 8.70. The molecule has 1 aromatic carbocycles. The molecule has 0 aliphatic carbocycles. The maximum absolute atomic E-state index is 8.70. The zero-order valence-corrected chi connectivity index (χ0v) is 6.47. The number of hydrogen-bond acceptors (Lipinski definition) is 5. The number of para-hydroxylation sites is 2. The summed E-state index contributed by atoms with van der Waals surface area (Å²) in [6.07, 6.45) is 0. The van der Waals surface area contributed by atoms with E-state index in [4.69, 9.17) is 15.1 Å². The molecule has 0 saturated carbocycles. The second kappa shape index (κ2) is 9.57. The number of aromatic hydroxyl groups is 2. The van der Waals surface area contributed by atoms with Crippen molar-refractivity contribution in [3.8, 4) is 11.5 Å². The van der Waals surface area contributed by atoms with E-state index < -0.39 is 0 Å². The Morgan fingerprint density at radius 3 is 1.69 bits per heavy atom. The van der Waals surface area contributed by atoms with Gasteiger partial charge in [0.05, 0.1) is 0 Å². The molecule has 1 aromatic rings. The van der Waals surface area contributed by atoms with Gasteiger partial charge in [0, 0.05) is 0 Å². The molecule has 0 unspecified atom stereocenters. The first-order chi connectivity index (χ1) is 5.72. The molecule has 0 bridgehead atoms. The van der Waals surface area contributed by atoms with Crippen LogP contribution in [0.4, 0.5) is 0 Å². The van der Waals surface area contributed by atoms with Crippen LogP contribution in [0.2, 0.25) is 0 Å². The van der Waals surface area contributed by atoms with Crippen molar-refractivity contribution in [3.05, 3.63) is 29.2 Å². The molecule has 1 rings (SSSR count). The number of hydrogen-bond donors (Lipinski definition) is 2. The second-order valence-electron chi connectivity index (χ2n) is 1.75. The van der Waals surface area contributed by atoms with Crippen molar-refractivity contribution < 1.29 is 15.1 Å². The molecule has 0 heterocycles. The Labute approximate surface area is 105 Å². The average molecular weight is 213 g/mol. The monoisotopic (exact) mass is 213 g/mol. The first-order valence-electron chi connectivity index (χ1n) is 3.05. The summed E-state index contributed by atoms with van der Waals surface area (Å²) >= 11 is 0. The number of benzene rings is 1. The van der Waals surface area contributed by atoms with Crippen LogP contribution < -0.4 is 0 Å². The minimum atomic E-state index is -0.0764. The Kier molecular flexibility index (Phi) is 11.0. The zero-order chi connectivity index (χ0) is 9.40. The number of nitrogens with zero attached hydrogens (tertiary/aromatic N) is 1. The summed E-state index contributed by atoms with van der Waals surface area (Å²) < 4.78 is 0. The summed E-state index contributed by atoms with van der Waals surface area (Å²) in [5, 5.41) is 19.3. The molecule has 0 atom stereocenters. The Morgan fingerprint density at radius 2 is 1.54 bits per heavy atom. The molecular formula is C7H11CaNO4. The fraction of sp³-hybridized carbons (Fsp3) is 0.143. The molecule has 0 aromatic heterocycles. The van der Waals surface area contributed by atoms with Gasteiger partial charge in [-0.2, -0.15) is 0 Å². The van der Waals surface area contributed by atoms with Gasteiger partial charge in [-0.05, 0) is 12.1 Å². The van der Waals surface area contributed by atoms with Crippen molar-refractivity contribution in [2.75, 3.05) is 7.11 Å². The van der Waals surface area contributed by atoms with Crippen LogP contribution in [-0.4, -0.2) is 55.1 Å². The molecule has 0 radical (unpaired) electrons. The van der Waals surface area contributed by atoms with Crippen molar-refractivity contribution in [3.63, 3.8) is 0 Å². The number of rotatable bonds is 1. The first kappa shape index (κ1) is 15.0. The van der Waals surface area contributed by atoms with E-state index in [1.165, 1.54) is 19.2 Å². The standard InChI is InChI=1S/C6H6O2.CH3NO2.Ca.2H/c7-5-3-1-2-4-6(5)8;1-4-2-3;;;/h1-4,7-8H;1H3;;;. The van der Waals surface area contributed by atoms with Crippen molar-refractivity contribution in [2.24, 2.45) is 5.34 Å². The third kappa shape index (κ3) is 7.83. The Hall–Kier alpha value is -0.520. The Morgan fingerprint density at radius 1 is 1.23 bits per heavy atom. The van der Waals surface area contributed by atoms with Crippen LogP contribution >= 0.6 is 0 Å². The topological polar surface area (TPSA) is 79.1 Å². The van der Waals surface area contributed by atoms with E-state index in [0.29, 0.717) is 0 Å². The average Bonchev–Trinajstić information content (AvgIpc) is 2.11. The van der Waals surface area contributed by atoms with Crippen LogP contribution in [0.3, 0.4) is 0 Å². The molecule has 13 heavy (non-hydrogen) atoms. The van der Waals surface area contributed by atoms with Gasteiger partial charge in [-0.25, -0.2) is 0 Å². The summed E-state index contributed by atoms with van der Waals surface area (Å²) in [6, 6.07) is 6.15. The van der Waals surface area contributed by atoms with Gasteiger partial charge in [0.25, 0.3) is 0 Å². The van der Waals surface area contributed by atoms with Gasteiger partial charge in [0.1, 0.15) is 7.11 Å². The van der Waals surface area contributed by atoms with Gasteiger partial charge >= 0.3 is 37.7 Å². The van der Waals surface area contributed by atoms with Crippen LogP contribution in [0.1, 0.15) is 0 Å². The van der Waals surface area contributed by atoms with E-state index >= 15 is 0 Å². The predicted molar refractivity (Wildman–Crippen MR) is 51.1 cm³/mol. The summed E-state index contributed by atoms with van der Waals surface area (Å²) in [5.74, 6) is -0.153. The Bertz CT molecular complexity index is 223. The van der Waals surface area contributed by atoms with Crippen molar-refractivity contribution in [1.29, 1.82) is 0 Å². The quantitative estimate of drug-likeness (QED) is 0.308. The molecule has 0 aliphatic heterocycles. The molecule has 0 aliphatic rings. The van der Waals surface area contributed by atoms with E-state index in [1.54, 1.807) is 12.1 Å². The molecule has 70 valence electrons. The van der Waals surface area contributed by atoms with Gasteiger partial charge in [-0.1, -0.05) is 12.1 Å². The van der Waals surface area contributed by atoms with Crippen molar-refractivity contribution >= 4 is 37.7 Å². The van der Waals surface area contributed by atoms with Crippen molar-refractivity contribution in [2.45, 2.75) is 0 Å². The van der Waals surface area contributed by atoms with Gasteiger partial charge in [0.2, 0.25) is 0 Å². The fourth-order valence-electron chi connectivity index (χ4n) is 0.464. The minimum absolute atomic E-state index is 0. The van der Waals surface area contributed by atoms with Crippen LogP contribution in [0.25, 0.3) is 0 Å². The van der Waals surface area contributed by atoms with Crippen molar-refractivity contribution in [1.82, 2.24) is 0 Å². The van der Waals surface area contributed by atoms with E-state index in [0.717, 1.165) is 0 Å². The van der Waals surface area contributed by atoms with E-state index in [1.807, 2.05) is 5.34 Å².